The summed E-state index contributed by atoms with van der Waals surface area (Å²) in [7, 11) is 0. The fourth-order valence-electron chi connectivity index (χ4n) is 4.04. The van der Waals surface area contributed by atoms with Gasteiger partial charge in [-0.25, -0.2) is 9.97 Å². The first-order valence-corrected chi connectivity index (χ1v) is 11.1. The molecule has 33 heavy (non-hydrogen) atoms. The van der Waals surface area contributed by atoms with E-state index in [4.69, 9.17) is 4.74 Å². The number of fused-ring (bicyclic) bond motifs is 1. The molecular formula is C24H25N7O2. The molecule has 2 aromatic carbocycles. The Hall–Kier alpha value is -4.01. The van der Waals surface area contributed by atoms with Gasteiger partial charge in [0.25, 0.3) is 0 Å². The van der Waals surface area contributed by atoms with Crippen LogP contribution in [0.1, 0.15) is 12.5 Å². The van der Waals surface area contributed by atoms with Gasteiger partial charge in [-0.2, -0.15) is 4.68 Å². The molecule has 0 radical (unpaired) electrons. The van der Waals surface area contributed by atoms with Crippen molar-refractivity contribution >= 4 is 22.9 Å². The lowest BCUT2D eigenvalue weighted by molar-refractivity contribution is -0.130. The molecule has 1 fully saturated rings. The van der Waals surface area contributed by atoms with Gasteiger partial charge in [0, 0.05) is 26.2 Å². The topological polar surface area (TPSA) is 89.3 Å². The second kappa shape index (κ2) is 9.23. The van der Waals surface area contributed by atoms with Gasteiger partial charge in [0.15, 0.2) is 17.0 Å². The van der Waals surface area contributed by atoms with Crippen molar-refractivity contribution in [2.75, 3.05) is 37.7 Å². The Labute approximate surface area is 191 Å². The highest BCUT2D eigenvalue weighted by Gasteiger charge is 2.25. The van der Waals surface area contributed by atoms with Crippen LogP contribution in [0.3, 0.4) is 0 Å². The predicted octanol–water partition coefficient (Wildman–Crippen LogP) is 2.50. The van der Waals surface area contributed by atoms with E-state index in [9.17, 15) is 4.79 Å². The van der Waals surface area contributed by atoms with Crippen molar-refractivity contribution < 1.29 is 9.53 Å². The molecule has 9 nitrogen and oxygen atoms in total. The zero-order chi connectivity index (χ0) is 22.6. The van der Waals surface area contributed by atoms with Crippen LogP contribution in [-0.4, -0.2) is 68.6 Å². The summed E-state index contributed by atoms with van der Waals surface area (Å²) in [5, 5.41) is 8.69. The van der Waals surface area contributed by atoms with Crippen LogP contribution in [0, 0.1) is 0 Å². The van der Waals surface area contributed by atoms with E-state index >= 15 is 0 Å². The van der Waals surface area contributed by atoms with Crippen molar-refractivity contribution in [2.24, 2.45) is 0 Å². The molecule has 0 aliphatic carbocycles. The normalized spacial score (nSPS) is 14.0. The molecule has 1 amide bonds. The largest absolute Gasteiger partial charge is 0.494 e. The predicted molar refractivity (Wildman–Crippen MR) is 125 cm³/mol. The zero-order valence-corrected chi connectivity index (χ0v) is 18.5. The molecule has 0 saturated carbocycles. The van der Waals surface area contributed by atoms with Crippen molar-refractivity contribution in [2.45, 2.75) is 13.3 Å². The molecule has 5 rings (SSSR count). The van der Waals surface area contributed by atoms with Gasteiger partial charge < -0.3 is 14.5 Å². The van der Waals surface area contributed by atoms with Crippen LogP contribution in [0.5, 0.6) is 5.75 Å². The molecular weight excluding hydrogens is 418 g/mol. The van der Waals surface area contributed by atoms with Gasteiger partial charge in [0.2, 0.25) is 5.91 Å². The molecule has 0 unspecified atom stereocenters. The quantitative estimate of drug-likeness (QED) is 0.452. The smallest absolute Gasteiger partial charge is 0.227 e. The van der Waals surface area contributed by atoms with Crippen LogP contribution in [0.15, 0.2) is 60.9 Å². The van der Waals surface area contributed by atoms with Crippen molar-refractivity contribution in [1.82, 2.24) is 29.9 Å². The summed E-state index contributed by atoms with van der Waals surface area (Å²) >= 11 is 0. The fraction of sp³-hybridized carbons (Fsp3) is 0.292. The molecule has 0 N–H and O–H groups in total. The van der Waals surface area contributed by atoms with E-state index in [2.05, 4.69) is 25.2 Å². The Kier molecular flexibility index (Phi) is 5.84. The zero-order valence-electron chi connectivity index (χ0n) is 18.5. The molecule has 0 atom stereocenters. The molecule has 1 saturated heterocycles. The van der Waals surface area contributed by atoms with E-state index < -0.39 is 0 Å². The average Bonchev–Trinajstić information content (AvgIpc) is 3.30. The monoisotopic (exact) mass is 443 g/mol. The third-order valence-corrected chi connectivity index (χ3v) is 5.74. The number of carbonyl (C=O) groups excluding carboxylic acids is 1. The van der Waals surface area contributed by atoms with Gasteiger partial charge in [-0.3, -0.25) is 4.79 Å². The van der Waals surface area contributed by atoms with Gasteiger partial charge >= 0.3 is 0 Å². The number of rotatable bonds is 6. The Morgan fingerprint density at radius 2 is 1.73 bits per heavy atom. The van der Waals surface area contributed by atoms with Gasteiger partial charge in [-0.15, -0.1) is 5.10 Å². The van der Waals surface area contributed by atoms with E-state index in [0.717, 1.165) is 22.8 Å². The maximum Gasteiger partial charge on any atom is 0.227 e. The van der Waals surface area contributed by atoms with Crippen molar-refractivity contribution in [3.05, 3.63) is 66.5 Å². The van der Waals surface area contributed by atoms with Gasteiger partial charge in [-0.1, -0.05) is 35.5 Å². The van der Waals surface area contributed by atoms with E-state index in [1.54, 1.807) is 11.0 Å². The molecule has 3 heterocycles. The summed E-state index contributed by atoms with van der Waals surface area (Å²) in [6.07, 6.45) is 1.97. The second-order valence-electron chi connectivity index (χ2n) is 7.83. The third kappa shape index (κ3) is 4.34. The minimum absolute atomic E-state index is 0.148. The molecule has 1 aliphatic rings. The number of nitrogens with zero attached hydrogens (tertiary/aromatic N) is 7. The van der Waals surface area contributed by atoms with Crippen LogP contribution < -0.4 is 9.64 Å². The number of piperazine rings is 1. The third-order valence-electron chi connectivity index (χ3n) is 5.74. The lowest BCUT2D eigenvalue weighted by Gasteiger charge is -2.35. The molecule has 4 aromatic rings. The summed E-state index contributed by atoms with van der Waals surface area (Å²) < 4.78 is 7.22. The Morgan fingerprint density at radius 1 is 0.970 bits per heavy atom. The van der Waals surface area contributed by atoms with Crippen molar-refractivity contribution in [3.8, 4) is 11.4 Å². The highest BCUT2D eigenvalue weighted by Crippen LogP contribution is 2.24. The van der Waals surface area contributed by atoms with Gasteiger partial charge in [0.1, 0.15) is 12.1 Å². The number of carbonyl (C=O) groups is 1. The first kappa shape index (κ1) is 20.9. The van der Waals surface area contributed by atoms with Gasteiger partial charge in [-0.05, 0) is 36.8 Å². The first-order valence-electron chi connectivity index (χ1n) is 11.1. The molecule has 9 heteroatoms. The fourth-order valence-corrected chi connectivity index (χ4v) is 4.04. The van der Waals surface area contributed by atoms with E-state index in [1.165, 1.54) is 0 Å². The summed E-state index contributed by atoms with van der Waals surface area (Å²) in [6, 6.07) is 17.5. The van der Waals surface area contributed by atoms with Crippen LogP contribution in [0.4, 0.5) is 5.82 Å². The number of benzene rings is 2. The number of ether oxygens (including phenoxy) is 1. The standard InChI is InChI=1S/C24H25N7O2/c1-2-33-20-10-8-19(9-11-20)31-24-22(27-28-31)23(25-17-26-24)30-14-12-29(13-15-30)21(32)16-18-6-4-3-5-7-18/h3-11,17H,2,12-16H2,1H3. The van der Waals surface area contributed by atoms with Crippen LogP contribution >= 0.6 is 0 Å². The number of anilines is 1. The lowest BCUT2D eigenvalue weighted by atomic mass is 10.1. The van der Waals surface area contributed by atoms with Crippen molar-refractivity contribution in [3.63, 3.8) is 0 Å². The number of aromatic nitrogens is 5. The minimum atomic E-state index is 0.148. The highest BCUT2D eigenvalue weighted by molar-refractivity contribution is 5.84. The SMILES string of the molecule is CCOc1ccc(-n2nnc3c(N4CCN(C(=O)Cc5ccccc5)CC4)ncnc32)cc1. The molecule has 2 aromatic heterocycles. The Balaban J connectivity index is 1.30. The summed E-state index contributed by atoms with van der Waals surface area (Å²) in [6.45, 7) is 5.23. The molecule has 168 valence electrons. The van der Waals surface area contributed by atoms with Crippen LogP contribution in [0.2, 0.25) is 0 Å². The van der Waals surface area contributed by atoms with Crippen LogP contribution in [0.25, 0.3) is 16.9 Å². The first-order chi connectivity index (χ1) is 16.2. The van der Waals surface area contributed by atoms with Crippen molar-refractivity contribution in [1.29, 1.82) is 0 Å². The molecule has 0 bridgehead atoms. The van der Waals surface area contributed by atoms with E-state index in [1.807, 2.05) is 66.4 Å². The van der Waals surface area contributed by atoms with Crippen LogP contribution in [-0.2, 0) is 11.2 Å². The summed E-state index contributed by atoms with van der Waals surface area (Å²) in [4.78, 5) is 25.7. The van der Waals surface area contributed by atoms with Gasteiger partial charge in [0.05, 0.1) is 18.7 Å². The second-order valence-corrected chi connectivity index (χ2v) is 7.83. The Bertz CT molecular complexity index is 1230. The molecule has 1 aliphatic heterocycles. The molecule has 0 spiro atoms. The number of hydrogen-bond donors (Lipinski definition) is 0. The van der Waals surface area contributed by atoms with E-state index in [0.29, 0.717) is 50.4 Å². The number of amides is 1. The average molecular weight is 444 g/mol. The summed E-state index contributed by atoms with van der Waals surface area (Å²) in [5.74, 6) is 1.70. The maximum atomic E-state index is 12.7. The maximum absolute atomic E-state index is 12.7. The summed E-state index contributed by atoms with van der Waals surface area (Å²) in [5.41, 5.74) is 3.18. The Morgan fingerprint density at radius 3 is 2.45 bits per heavy atom. The van der Waals surface area contributed by atoms with E-state index in [-0.39, 0.29) is 5.91 Å². The highest BCUT2D eigenvalue weighted by atomic mass is 16.5. The number of hydrogen-bond acceptors (Lipinski definition) is 7. The lowest BCUT2D eigenvalue weighted by Crippen LogP contribution is -2.49. The minimum Gasteiger partial charge on any atom is -0.494 e.